The zero-order valence-electron chi connectivity index (χ0n) is 19.7. The van der Waals surface area contributed by atoms with Gasteiger partial charge in [-0.25, -0.2) is 14.4 Å². The standard InChI is InChI=1S/C25H16ClF5N4O3S/c1-38-19-15(26)10-17(33-20(19)28)21(36)35-24-18(34-23(39-24)13-7-3-5-9-16(13)27)22(37)32-11-12-6-2-4-8-14(12)25(29,30)31/h2-10H,11H2,1H3,(H,32,37)(H,35,36). The fraction of sp³-hybridized carbons (Fsp3) is 0.120. The number of carbonyl (C=O) groups is 2. The number of alkyl halides is 3. The summed E-state index contributed by atoms with van der Waals surface area (Å²) < 4.78 is 73.4. The first-order valence-corrected chi connectivity index (χ1v) is 12.1. The zero-order valence-corrected chi connectivity index (χ0v) is 21.3. The molecular weight excluding hydrogens is 567 g/mol. The third kappa shape index (κ3) is 6.15. The number of hydrogen-bond donors (Lipinski definition) is 2. The van der Waals surface area contributed by atoms with E-state index in [9.17, 15) is 31.5 Å². The molecule has 39 heavy (non-hydrogen) atoms. The second-order valence-electron chi connectivity index (χ2n) is 7.78. The molecule has 14 heteroatoms. The molecule has 7 nitrogen and oxygen atoms in total. The predicted octanol–water partition coefficient (Wildman–Crippen LogP) is 6.35. The van der Waals surface area contributed by atoms with Crippen LogP contribution >= 0.6 is 22.9 Å². The lowest BCUT2D eigenvalue weighted by Crippen LogP contribution is -2.26. The number of ether oxygens (including phenoxy) is 1. The van der Waals surface area contributed by atoms with Gasteiger partial charge in [0.2, 0.25) is 0 Å². The Balaban J connectivity index is 1.67. The maximum atomic E-state index is 14.4. The van der Waals surface area contributed by atoms with Gasteiger partial charge in [-0.15, -0.1) is 0 Å². The van der Waals surface area contributed by atoms with Crippen molar-refractivity contribution in [2.45, 2.75) is 12.7 Å². The van der Waals surface area contributed by atoms with Gasteiger partial charge >= 0.3 is 6.18 Å². The van der Waals surface area contributed by atoms with Gasteiger partial charge < -0.3 is 15.4 Å². The molecule has 2 amide bonds. The van der Waals surface area contributed by atoms with Crippen molar-refractivity contribution in [2.24, 2.45) is 0 Å². The number of carbonyl (C=O) groups excluding carboxylic acids is 2. The van der Waals surface area contributed by atoms with Crippen LogP contribution in [0.1, 0.15) is 32.1 Å². The first-order valence-electron chi connectivity index (χ1n) is 10.9. The van der Waals surface area contributed by atoms with Crippen molar-refractivity contribution in [1.82, 2.24) is 15.3 Å². The summed E-state index contributed by atoms with van der Waals surface area (Å²) in [5.74, 6) is -4.15. The first kappa shape index (κ1) is 27.9. The van der Waals surface area contributed by atoms with Crippen LogP contribution in [0.4, 0.5) is 27.0 Å². The number of methoxy groups -OCH3 is 1. The lowest BCUT2D eigenvalue weighted by Gasteiger charge is -2.13. The first-order chi connectivity index (χ1) is 18.5. The number of amides is 2. The molecule has 0 radical (unpaired) electrons. The third-order valence-electron chi connectivity index (χ3n) is 5.26. The molecule has 2 aromatic heterocycles. The average molecular weight is 583 g/mol. The zero-order chi connectivity index (χ0) is 28.3. The van der Waals surface area contributed by atoms with Crippen molar-refractivity contribution in [3.05, 3.63) is 93.9 Å². The Morgan fingerprint density at radius 2 is 1.72 bits per heavy atom. The summed E-state index contributed by atoms with van der Waals surface area (Å²) >= 11 is 6.65. The molecule has 0 saturated heterocycles. The van der Waals surface area contributed by atoms with Gasteiger partial charge in [0, 0.05) is 12.1 Å². The highest BCUT2D eigenvalue weighted by Crippen LogP contribution is 2.35. The van der Waals surface area contributed by atoms with Crippen LogP contribution in [0.25, 0.3) is 10.6 Å². The third-order valence-corrected chi connectivity index (χ3v) is 6.54. The molecule has 4 aromatic rings. The van der Waals surface area contributed by atoms with E-state index >= 15 is 0 Å². The topological polar surface area (TPSA) is 93.2 Å². The number of rotatable bonds is 7. The van der Waals surface area contributed by atoms with Gasteiger partial charge in [0.15, 0.2) is 11.4 Å². The highest BCUT2D eigenvalue weighted by atomic mass is 35.5. The molecule has 0 spiro atoms. The predicted molar refractivity (Wildman–Crippen MR) is 134 cm³/mol. The molecule has 202 valence electrons. The van der Waals surface area contributed by atoms with Gasteiger partial charge in [-0.3, -0.25) is 9.59 Å². The van der Waals surface area contributed by atoms with Gasteiger partial charge in [0.25, 0.3) is 17.8 Å². The van der Waals surface area contributed by atoms with Crippen LogP contribution in [0, 0.1) is 11.8 Å². The summed E-state index contributed by atoms with van der Waals surface area (Å²) in [6.07, 6.45) is -4.65. The minimum absolute atomic E-state index is 0.00357. The number of benzene rings is 2. The van der Waals surface area contributed by atoms with E-state index in [1.807, 2.05) is 0 Å². The van der Waals surface area contributed by atoms with Gasteiger partial charge in [0.1, 0.15) is 21.5 Å². The van der Waals surface area contributed by atoms with E-state index in [0.717, 1.165) is 36.6 Å². The number of thiazole rings is 1. The highest BCUT2D eigenvalue weighted by molar-refractivity contribution is 7.19. The Bertz CT molecular complexity index is 1540. The van der Waals surface area contributed by atoms with E-state index in [4.69, 9.17) is 16.3 Å². The molecule has 0 aliphatic carbocycles. The van der Waals surface area contributed by atoms with E-state index in [1.54, 1.807) is 0 Å². The number of halogens is 6. The Labute approximate surface area is 226 Å². The number of nitrogens with one attached hydrogen (secondary N) is 2. The van der Waals surface area contributed by atoms with Crippen LogP contribution in [-0.2, 0) is 12.7 Å². The summed E-state index contributed by atoms with van der Waals surface area (Å²) in [5.41, 5.74) is -2.01. The molecule has 2 heterocycles. The molecule has 2 N–H and O–H groups in total. The van der Waals surface area contributed by atoms with Gasteiger partial charge in [-0.2, -0.15) is 17.6 Å². The largest absolute Gasteiger partial charge is 0.491 e. The van der Waals surface area contributed by atoms with Gasteiger partial charge in [-0.1, -0.05) is 53.3 Å². The van der Waals surface area contributed by atoms with Crippen molar-refractivity contribution in [3.8, 4) is 16.3 Å². The molecule has 4 rings (SSSR count). The second-order valence-corrected chi connectivity index (χ2v) is 9.19. The molecule has 0 fully saturated rings. The van der Waals surface area contributed by atoms with Crippen LogP contribution in [0.2, 0.25) is 5.02 Å². The highest BCUT2D eigenvalue weighted by Gasteiger charge is 2.33. The molecule has 0 bridgehead atoms. The molecule has 0 saturated carbocycles. The minimum Gasteiger partial charge on any atom is -0.491 e. The van der Waals surface area contributed by atoms with E-state index < -0.39 is 53.3 Å². The Morgan fingerprint density at radius 1 is 1.03 bits per heavy atom. The fourth-order valence-corrected chi connectivity index (χ4v) is 4.70. The average Bonchev–Trinajstić information content (AvgIpc) is 3.30. The number of aromatic nitrogens is 2. The normalized spacial score (nSPS) is 11.3. The number of anilines is 1. The SMILES string of the molecule is COc1c(Cl)cc(C(=O)Nc2sc(-c3ccccc3F)nc2C(=O)NCc2ccccc2C(F)(F)F)nc1F. The second kappa shape index (κ2) is 11.3. The monoisotopic (exact) mass is 582 g/mol. The van der Waals surface area contributed by atoms with Crippen molar-refractivity contribution < 1.29 is 36.3 Å². The molecule has 0 atom stereocenters. The molecule has 0 aliphatic heterocycles. The maximum Gasteiger partial charge on any atom is 0.416 e. The van der Waals surface area contributed by atoms with Crippen molar-refractivity contribution in [3.63, 3.8) is 0 Å². The summed E-state index contributed by atoms with van der Waals surface area (Å²) in [7, 11) is 1.16. The summed E-state index contributed by atoms with van der Waals surface area (Å²) in [6, 6.07) is 11.2. The molecule has 0 aliphatic rings. The summed E-state index contributed by atoms with van der Waals surface area (Å²) in [5, 5.41) is 4.28. The smallest absolute Gasteiger partial charge is 0.416 e. The quantitative estimate of drug-likeness (QED) is 0.196. The number of nitrogens with zero attached hydrogens (tertiary/aromatic N) is 2. The Hall–Kier alpha value is -4.10. The number of hydrogen-bond acceptors (Lipinski definition) is 6. The van der Waals surface area contributed by atoms with Crippen LogP contribution in [0.3, 0.4) is 0 Å². The van der Waals surface area contributed by atoms with E-state index in [2.05, 4.69) is 20.6 Å². The van der Waals surface area contributed by atoms with Gasteiger partial charge in [0.05, 0.1) is 17.7 Å². The molecular formula is C25H16ClF5N4O3S. The van der Waals surface area contributed by atoms with Gasteiger partial charge in [-0.05, 0) is 29.8 Å². The lowest BCUT2D eigenvalue weighted by molar-refractivity contribution is -0.138. The molecule has 2 aromatic carbocycles. The van der Waals surface area contributed by atoms with Crippen LogP contribution in [-0.4, -0.2) is 28.9 Å². The van der Waals surface area contributed by atoms with Crippen LogP contribution < -0.4 is 15.4 Å². The van der Waals surface area contributed by atoms with E-state index in [0.29, 0.717) is 0 Å². The lowest BCUT2D eigenvalue weighted by atomic mass is 10.1. The van der Waals surface area contributed by atoms with Crippen LogP contribution in [0.15, 0.2) is 54.6 Å². The Morgan fingerprint density at radius 3 is 2.38 bits per heavy atom. The fourth-order valence-electron chi connectivity index (χ4n) is 3.46. The van der Waals surface area contributed by atoms with Crippen molar-refractivity contribution >= 4 is 39.8 Å². The van der Waals surface area contributed by atoms with Crippen LogP contribution in [0.5, 0.6) is 5.75 Å². The van der Waals surface area contributed by atoms with E-state index in [1.165, 1.54) is 36.4 Å². The van der Waals surface area contributed by atoms with E-state index in [-0.39, 0.29) is 31.9 Å². The number of pyridine rings is 1. The maximum absolute atomic E-state index is 14.4. The molecule has 0 unspecified atom stereocenters. The minimum atomic E-state index is -4.65. The Kier molecular flexibility index (Phi) is 8.11. The summed E-state index contributed by atoms with van der Waals surface area (Å²) in [4.78, 5) is 33.5. The van der Waals surface area contributed by atoms with Crippen molar-refractivity contribution in [2.75, 3.05) is 12.4 Å². The van der Waals surface area contributed by atoms with Crippen molar-refractivity contribution in [1.29, 1.82) is 0 Å². The summed E-state index contributed by atoms with van der Waals surface area (Å²) in [6.45, 7) is -0.519.